The first-order valence-electron chi connectivity index (χ1n) is 8.15. The molecule has 0 bridgehead atoms. The number of Topliss-reactive ketones (excluding diaryl/α,β-unsaturated/α-hetero) is 1. The molecule has 1 heterocycles. The van der Waals surface area contributed by atoms with Crippen LogP contribution in [-0.2, 0) is 15.5 Å². The van der Waals surface area contributed by atoms with E-state index in [9.17, 15) is 13.8 Å². The molecule has 0 spiro atoms. The molecule has 1 aromatic heterocycles. The third-order valence-corrected chi connectivity index (χ3v) is 5.19. The highest BCUT2D eigenvalue weighted by Gasteiger charge is 2.26. The lowest BCUT2D eigenvalue weighted by atomic mass is 10.0. The Kier molecular flexibility index (Phi) is 5.04. The summed E-state index contributed by atoms with van der Waals surface area (Å²) in [6, 6.07) is 14.0. The minimum atomic E-state index is -1.33. The molecule has 0 aliphatic rings. The molecule has 1 N–H and O–H groups in total. The molecule has 0 unspecified atom stereocenters. The Morgan fingerprint density at radius 3 is 2.46 bits per heavy atom. The lowest BCUT2D eigenvalue weighted by Crippen LogP contribution is -2.25. The number of nitrogens with one attached hydrogen (secondary N) is 1. The number of para-hydroxylation sites is 1. The maximum absolute atomic E-state index is 12.9. The van der Waals surface area contributed by atoms with Crippen molar-refractivity contribution in [2.75, 3.05) is 6.26 Å². The molecule has 0 fully saturated rings. The van der Waals surface area contributed by atoms with E-state index < -0.39 is 22.9 Å². The summed E-state index contributed by atoms with van der Waals surface area (Å²) in [6.07, 6.45) is 0.537. The molecule has 0 saturated heterocycles. The summed E-state index contributed by atoms with van der Waals surface area (Å²) >= 11 is 0. The second-order valence-electron chi connectivity index (χ2n) is 6.03. The third-order valence-electron chi connectivity index (χ3n) is 4.21. The van der Waals surface area contributed by atoms with Gasteiger partial charge in [-0.1, -0.05) is 30.3 Å². The van der Waals surface area contributed by atoms with Gasteiger partial charge < -0.3 is 9.72 Å². The van der Waals surface area contributed by atoms with Gasteiger partial charge in [0.1, 0.15) is 0 Å². The van der Waals surface area contributed by atoms with Crippen molar-refractivity contribution in [1.29, 1.82) is 0 Å². The number of ether oxygens (including phenoxy) is 1. The molecule has 0 aliphatic heterocycles. The van der Waals surface area contributed by atoms with E-state index in [2.05, 4.69) is 4.98 Å². The third kappa shape index (κ3) is 3.32. The number of carbonyl (C=O) groups is 2. The van der Waals surface area contributed by atoms with Crippen molar-refractivity contribution in [3.63, 3.8) is 0 Å². The van der Waals surface area contributed by atoms with Crippen molar-refractivity contribution in [2.24, 2.45) is 0 Å². The van der Waals surface area contributed by atoms with Crippen LogP contribution in [0.3, 0.4) is 0 Å². The van der Waals surface area contributed by atoms with E-state index in [0.717, 1.165) is 16.6 Å². The highest BCUT2D eigenvalue weighted by molar-refractivity contribution is 7.84. The Morgan fingerprint density at radius 2 is 1.73 bits per heavy atom. The number of aromatic amines is 1. The minimum Gasteiger partial charge on any atom is -0.451 e. The van der Waals surface area contributed by atoms with E-state index in [1.165, 1.54) is 6.26 Å². The molecule has 0 radical (unpaired) electrons. The van der Waals surface area contributed by atoms with Gasteiger partial charge in [-0.15, -0.1) is 0 Å². The van der Waals surface area contributed by atoms with Crippen LogP contribution in [0.1, 0.15) is 33.3 Å². The molecule has 0 aliphatic carbocycles. The van der Waals surface area contributed by atoms with Gasteiger partial charge in [0.05, 0.1) is 21.3 Å². The number of aromatic nitrogens is 1. The van der Waals surface area contributed by atoms with Crippen LogP contribution in [0.25, 0.3) is 10.9 Å². The number of hydrogen-bond donors (Lipinski definition) is 1. The van der Waals surface area contributed by atoms with Gasteiger partial charge in [-0.25, -0.2) is 4.79 Å². The van der Waals surface area contributed by atoms with Gasteiger partial charge in [0.2, 0.25) is 5.78 Å². The Morgan fingerprint density at radius 1 is 1.08 bits per heavy atom. The van der Waals surface area contributed by atoms with Crippen molar-refractivity contribution >= 4 is 33.5 Å². The van der Waals surface area contributed by atoms with E-state index >= 15 is 0 Å². The largest absolute Gasteiger partial charge is 0.451 e. The smallest absolute Gasteiger partial charge is 0.340 e. The van der Waals surface area contributed by atoms with Gasteiger partial charge in [0, 0.05) is 28.4 Å². The summed E-state index contributed by atoms with van der Waals surface area (Å²) in [4.78, 5) is 28.9. The maximum Gasteiger partial charge on any atom is 0.340 e. The fourth-order valence-electron chi connectivity index (χ4n) is 2.96. The molecular weight excluding hydrogens is 350 g/mol. The number of fused-ring (bicyclic) bond motifs is 1. The lowest BCUT2D eigenvalue weighted by molar-refractivity contribution is 0.0315. The number of carbonyl (C=O) groups excluding carboxylic acids is 2. The first-order valence-corrected chi connectivity index (χ1v) is 9.71. The first kappa shape index (κ1) is 18.1. The number of esters is 1. The van der Waals surface area contributed by atoms with Crippen LogP contribution < -0.4 is 0 Å². The number of rotatable bonds is 5. The van der Waals surface area contributed by atoms with E-state index in [1.54, 1.807) is 31.2 Å². The normalized spacial score (nSPS) is 13.3. The number of benzene rings is 2. The highest BCUT2D eigenvalue weighted by Crippen LogP contribution is 2.24. The number of H-pyrrole nitrogens is 1. The molecule has 3 rings (SSSR count). The van der Waals surface area contributed by atoms with Crippen molar-refractivity contribution in [2.45, 2.75) is 24.8 Å². The fraction of sp³-hybridized carbons (Fsp3) is 0.200. The predicted octanol–water partition coefficient (Wildman–Crippen LogP) is 3.64. The zero-order valence-corrected chi connectivity index (χ0v) is 15.6. The van der Waals surface area contributed by atoms with Crippen LogP contribution in [0.4, 0.5) is 0 Å². The van der Waals surface area contributed by atoms with Crippen molar-refractivity contribution < 1.29 is 18.5 Å². The number of ketones is 1. The van der Waals surface area contributed by atoms with Crippen LogP contribution in [0, 0.1) is 6.92 Å². The zero-order valence-electron chi connectivity index (χ0n) is 14.7. The molecule has 0 amide bonds. The topological polar surface area (TPSA) is 76.2 Å². The van der Waals surface area contributed by atoms with Crippen molar-refractivity contribution in [1.82, 2.24) is 4.98 Å². The Labute approximate surface area is 153 Å². The maximum atomic E-state index is 12.9. The van der Waals surface area contributed by atoms with Gasteiger partial charge in [0.25, 0.3) is 0 Å². The molecule has 0 saturated carbocycles. The van der Waals surface area contributed by atoms with Crippen LogP contribution in [0.2, 0.25) is 0 Å². The number of hydrogen-bond acceptors (Lipinski definition) is 4. The second kappa shape index (κ2) is 7.25. The van der Waals surface area contributed by atoms with Gasteiger partial charge in [-0.2, -0.15) is 0 Å². The van der Waals surface area contributed by atoms with E-state index in [1.807, 2.05) is 31.2 Å². The van der Waals surface area contributed by atoms with Crippen LogP contribution in [-0.4, -0.2) is 33.3 Å². The van der Waals surface area contributed by atoms with Crippen LogP contribution in [0.15, 0.2) is 53.4 Å². The van der Waals surface area contributed by atoms with E-state index in [-0.39, 0.29) is 11.3 Å². The fourth-order valence-corrected chi connectivity index (χ4v) is 3.69. The van der Waals surface area contributed by atoms with Crippen molar-refractivity contribution in [3.8, 4) is 0 Å². The Bertz CT molecular complexity index is 1020. The summed E-state index contributed by atoms with van der Waals surface area (Å²) in [5.41, 5.74) is 2.32. The quantitative estimate of drug-likeness (QED) is 0.550. The van der Waals surface area contributed by atoms with Crippen molar-refractivity contribution in [3.05, 3.63) is 65.4 Å². The summed E-state index contributed by atoms with van der Waals surface area (Å²) in [7, 11) is -1.33. The average Bonchev–Trinajstić information content (AvgIpc) is 2.96. The molecule has 26 heavy (non-hydrogen) atoms. The standard InChI is InChI=1S/C20H19NO4S/c1-12-18(14-8-4-6-10-16(14)21-12)19(22)13(2)25-20(23)15-9-5-7-11-17(15)26(3)24/h4-11,13,21H,1-3H3/t13-,26-/m0/s1. The molecule has 2 atom stereocenters. The van der Waals surface area contributed by atoms with Gasteiger partial charge in [-0.3, -0.25) is 9.00 Å². The van der Waals surface area contributed by atoms with Crippen LogP contribution >= 0.6 is 0 Å². The number of aryl methyl sites for hydroxylation is 1. The Balaban J connectivity index is 1.87. The molecule has 3 aromatic rings. The van der Waals surface area contributed by atoms with Gasteiger partial charge in [-0.05, 0) is 32.0 Å². The summed E-state index contributed by atoms with van der Waals surface area (Å²) < 4.78 is 17.2. The summed E-state index contributed by atoms with van der Waals surface area (Å²) in [5.74, 6) is -0.933. The predicted molar refractivity (Wildman–Crippen MR) is 101 cm³/mol. The minimum absolute atomic E-state index is 0.212. The monoisotopic (exact) mass is 369 g/mol. The molecular formula is C20H19NO4S. The van der Waals surface area contributed by atoms with Gasteiger partial charge >= 0.3 is 5.97 Å². The first-order chi connectivity index (χ1) is 12.4. The lowest BCUT2D eigenvalue weighted by Gasteiger charge is -2.14. The summed E-state index contributed by atoms with van der Waals surface area (Å²) in [6.45, 7) is 3.37. The average molecular weight is 369 g/mol. The zero-order chi connectivity index (χ0) is 18.8. The van der Waals surface area contributed by atoms with E-state index in [0.29, 0.717) is 10.5 Å². The summed E-state index contributed by atoms with van der Waals surface area (Å²) in [5, 5.41) is 0.799. The molecule has 6 heteroatoms. The van der Waals surface area contributed by atoms with E-state index in [4.69, 9.17) is 4.74 Å². The SMILES string of the molecule is Cc1[nH]c2ccccc2c1C(=O)[C@H](C)OC(=O)c1ccccc1[S@](C)=O. The molecule has 2 aromatic carbocycles. The molecule has 5 nitrogen and oxygen atoms in total. The van der Waals surface area contributed by atoms with Gasteiger partial charge in [0.15, 0.2) is 6.10 Å². The van der Waals surface area contributed by atoms with Crippen LogP contribution in [0.5, 0.6) is 0 Å². The second-order valence-corrected chi connectivity index (χ2v) is 7.38. The Hall–Kier alpha value is -2.73. The highest BCUT2D eigenvalue weighted by atomic mass is 32.2. The molecule has 134 valence electrons.